The van der Waals surface area contributed by atoms with E-state index in [0.29, 0.717) is 17.2 Å². The van der Waals surface area contributed by atoms with Crippen LogP contribution >= 0.6 is 0 Å². The Labute approximate surface area is 155 Å². The van der Waals surface area contributed by atoms with Gasteiger partial charge in [-0.3, -0.25) is 4.79 Å². The highest BCUT2D eigenvalue weighted by molar-refractivity contribution is 5.92. The maximum atomic E-state index is 13.8. The number of hydrogen-bond acceptors (Lipinski definition) is 5. The van der Waals surface area contributed by atoms with Gasteiger partial charge in [-0.1, -0.05) is 17.7 Å². The summed E-state index contributed by atoms with van der Waals surface area (Å²) < 4.78 is 25.9. The number of hydrazone groups is 1. The minimum absolute atomic E-state index is 0.0815. The molecule has 3 rings (SSSR count). The molecule has 0 saturated carbocycles. The van der Waals surface area contributed by atoms with Crippen molar-refractivity contribution in [2.24, 2.45) is 12.1 Å². The van der Waals surface area contributed by atoms with E-state index in [1.807, 2.05) is 31.2 Å². The summed E-state index contributed by atoms with van der Waals surface area (Å²) in [4.78, 5) is 12.1. The summed E-state index contributed by atoms with van der Waals surface area (Å²) in [5, 5.41) is 7.68. The Kier molecular flexibility index (Phi) is 5.35. The summed E-state index contributed by atoms with van der Waals surface area (Å²) in [5.74, 6) is 0.215. The molecule has 1 N–H and O–H groups in total. The number of ether oxygens (including phenoxy) is 1. The average Bonchev–Trinajstić information content (AvgIpc) is 3.21. The van der Waals surface area contributed by atoms with Crippen LogP contribution in [0.3, 0.4) is 0 Å². The van der Waals surface area contributed by atoms with Gasteiger partial charge < -0.3 is 9.15 Å². The molecule has 8 heteroatoms. The highest BCUT2D eigenvalue weighted by atomic mass is 19.1. The first-order valence-corrected chi connectivity index (χ1v) is 8.24. The number of nitrogens with zero attached hydrogens (tertiary/aromatic N) is 3. The van der Waals surface area contributed by atoms with Gasteiger partial charge >= 0.3 is 5.91 Å². The Hall–Kier alpha value is -3.42. The van der Waals surface area contributed by atoms with Gasteiger partial charge in [0.2, 0.25) is 5.95 Å². The molecule has 2 aromatic heterocycles. The van der Waals surface area contributed by atoms with Crippen molar-refractivity contribution in [3.05, 3.63) is 70.7 Å². The first kappa shape index (κ1) is 18.4. The van der Waals surface area contributed by atoms with Crippen LogP contribution in [0.5, 0.6) is 5.75 Å². The second-order valence-electron chi connectivity index (χ2n) is 5.98. The topological polar surface area (TPSA) is 81.6 Å². The van der Waals surface area contributed by atoms with Crippen molar-refractivity contribution in [2.75, 3.05) is 0 Å². The molecule has 0 aliphatic heterocycles. The van der Waals surface area contributed by atoms with E-state index in [-0.39, 0.29) is 17.9 Å². The van der Waals surface area contributed by atoms with Crippen molar-refractivity contribution in [2.45, 2.75) is 20.5 Å². The van der Waals surface area contributed by atoms with Crippen LogP contribution in [0.15, 0.2) is 45.9 Å². The predicted octanol–water partition coefficient (Wildman–Crippen LogP) is 3.11. The summed E-state index contributed by atoms with van der Waals surface area (Å²) in [6.07, 6.45) is 1.21. The number of benzene rings is 1. The zero-order valence-electron chi connectivity index (χ0n) is 15.2. The minimum atomic E-state index is -0.546. The lowest BCUT2D eigenvalue weighted by atomic mass is 10.2. The SMILES string of the molecule is Cc1ccc(OCc2ccc(C(=O)N/N=C\c3c(C)nn(C)c3F)o2)cc1. The number of carbonyl (C=O) groups is 1. The number of nitrogens with one attached hydrogen (secondary N) is 1. The Balaban J connectivity index is 1.56. The lowest BCUT2D eigenvalue weighted by Gasteiger charge is -2.04. The predicted molar refractivity (Wildman–Crippen MR) is 97.2 cm³/mol. The molecule has 2 heterocycles. The molecule has 3 aromatic rings. The fraction of sp³-hybridized carbons (Fsp3) is 0.211. The summed E-state index contributed by atoms with van der Waals surface area (Å²) in [6.45, 7) is 3.84. The molecule has 0 radical (unpaired) electrons. The highest BCUT2D eigenvalue weighted by Crippen LogP contribution is 2.15. The summed E-state index contributed by atoms with van der Waals surface area (Å²) in [7, 11) is 1.49. The number of rotatable bonds is 6. The van der Waals surface area contributed by atoms with Gasteiger partial charge in [-0.15, -0.1) is 0 Å². The second-order valence-corrected chi connectivity index (χ2v) is 5.98. The highest BCUT2D eigenvalue weighted by Gasteiger charge is 2.13. The van der Waals surface area contributed by atoms with Gasteiger partial charge in [0.15, 0.2) is 5.76 Å². The molecule has 0 spiro atoms. The zero-order chi connectivity index (χ0) is 19.4. The molecule has 27 heavy (non-hydrogen) atoms. The minimum Gasteiger partial charge on any atom is -0.486 e. The molecule has 0 bridgehead atoms. The molecule has 1 amide bonds. The number of amides is 1. The van der Waals surface area contributed by atoms with E-state index < -0.39 is 11.9 Å². The molecule has 0 fully saturated rings. The maximum Gasteiger partial charge on any atom is 0.307 e. The van der Waals surface area contributed by atoms with Crippen molar-refractivity contribution < 1.29 is 18.3 Å². The van der Waals surface area contributed by atoms with E-state index >= 15 is 0 Å². The fourth-order valence-corrected chi connectivity index (χ4v) is 2.37. The van der Waals surface area contributed by atoms with Crippen molar-refractivity contribution in [3.8, 4) is 5.75 Å². The van der Waals surface area contributed by atoms with E-state index in [2.05, 4.69) is 15.6 Å². The van der Waals surface area contributed by atoms with Crippen molar-refractivity contribution in [1.29, 1.82) is 0 Å². The van der Waals surface area contributed by atoms with Crippen LogP contribution in [0.1, 0.15) is 33.1 Å². The third kappa shape index (κ3) is 4.41. The quantitative estimate of drug-likeness (QED) is 0.534. The standard InChI is InChI=1S/C19H19FN4O3/c1-12-4-6-14(7-5-12)26-11-15-8-9-17(27-15)19(25)22-21-10-16-13(2)23-24(3)18(16)20/h4-10H,11H2,1-3H3,(H,22,25)/b21-10-. The number of halogens is 1. The molecule has 0 aliphatic carbocycles. The number of hydrogen-bond donors (Lipinski definition) is 1. The van der Waals surface area contributed by atoms with Gasteiger partial charge in [0.05, 0.1) is 17.5 Å². The number of aryl methyl sites for hydroxylation is 3. The van der Waals surface area contributed by atoms with Crippen molar-refractivity contribution in [1.82, 2.24) is 15.2 Å². The summed E-state index contributed by atoms with van der Waals surface area (Å²) >= 11 is 0. The summed E-state index contributed by atoms with van der Waals surface area (Å²) in [5.41, 5.74) is 4.12. The fourth-order valence-electron chi connectivity index (χ4n) is 2.37. The van der Waals surface area contributed by atoms with Crippen LogP contribution in [-0.4, -0.2) is 21.9 Å². The molecular weight excluding hydrogens is 351 g/mol. The molecule has 7 nitrogen and oxygen atoms in total. The first-order valence-electron chi connectivity index (χ1n) is 8.24. The molecular formula is C19H19FN4O3. The van der Waals surface area contributed by atoms with Gasteiger partial charge in [0.25, 0.3) is 0 Å². The lowest BCUT2D eigenvalue weighted by molar-refractivity contribution is 0.0923. The van der Waals surface area contributed by atoms with Gasteiger partial charge in [-0.05, 0) is 38.1 Å². The first-order chi connectivity index (χ1) is 12.9. The van der Waals surface area contributed by atoms with Crippen LogP contribution in [0, 0.1) is 19.8 Å². The van der Waals surface area contributed by atoms with Crippen LogP contribution in [0.25, 0.3) is 0 Å². The lowest BCUT2D eigenvalue weighted by Crippen LogP contribution is -2.17. The Morgan fingerprint density at radius 3 is 2.70 bits per heavy atom. The molecule has 0 atom stereocenters. The van der Waals surface area contributed by atoms with Crippen LogP contribution in [-0.2, 0) is 13.7 Å². The van der Waals surface area contributed by atoms with E-state index in [4.69, 9.17) is 9.15 Å². The Morgan fingerprint density at radius 1 is 1.30 bits per heavy atom. The van der Waals surface area contributed by atoms with E-state index in [1.54, 1.807) is 13.0 Å². The van der Waals surface area contributed by atoms with Crippen LogP contribution in [0.2, 0.25) is 0 Å². The molecule has 0 saturated heterocycles. The monoisotopic (exact) mass is 370 g/mol. The molecule has 0 unspecified atom stereocenters. The summed E-state index contributed by atoms with van der Waals surface area (Å²) in [6, 6.07) is 10.8. The number of aromatic nitrogens is 2. The van der Waals surface area contributed by atoms with Crippen LogP contribution < -0.4 is 10.2 Å². The van der Waals surface area contributed by atoms with Crippen molar-refractivity contribution in [3.63, 3.8) is 0 Å². The van der Waals surface area contributed by atoms with E-state index in [0.717, 1.165) is 10.2 Å². The normalized spacial score (nSPS) is 11.1. The average molecular weight is 370 g/mol. The van der Waals surface area contributed by atoms with Crippen LogP contribution in [0.4, 0.5) is 4.39 Å². The number of furan rings is 1. The molecule has 1 aromatic carbocycles. The van der Waals surface area contributed by atoms with E-state index in [9.17, 15) is 9.18 Å². The van der Waals surface area contributed by atoms with Gasteiger partial charge in [0.1, 0.15) is 18.1 Å². The smallest absolute Gasteiger partial charge is 0.307 e. The molecule has 140 valence electrons. The zero-order valence-corrected chi connectivity index (χ0v) is 15.2. The van der Waals surface area contributed by atoms with Gasteiger partial charge in [-0.25, -0.2) is 10.1 Å². The largest absolute Gasteiger partial charge is 0.486 e. The third-order valence-corrected chi connectivity index (χ3v) is 3.84. The van der Waals surface area contributed by atoms with E-state index in [1.165, 1.54) is 19.3 Å². The third-order valence-electron chi connectivity index (χ3n) is 3.84. The van der Waals surface area contributed by atoms with Gasteiger partial charge in [-0.2, -0.15) is 14.6 Å². The maximum absolute atomic E-state index is 13.8. The van der Waals surface area contributed by atoms with Gasteiger partial charge in [0, 0.05) is 7.05 Å². The molecule has 0 aliphatic rings. The number of carbonyl (C=O) groups excluding carboxylic acids is 1. The second kappa shape index (κ2) is 7.86. The van der Waals surface area contributed by atoms with Crippen molar-refractivity contribution >= 4 is 12.1 Å². The Morgan fingerprint density at radius 2 is 2.04 bits per heavy atom. The Bertz CT molecular complexity index is 974.